The Labute approximate surface area is 138 Å². The Morgan fingerprint density at radius 1 is 1.43 bits per heavy atom. The van der Waals surface area contributed by atoms with Gasteiger partial charge in [0.1, 0.15) is 4.88 Å². The number of amides is 1. The number of benzene rings is 1. The molecule has 1 aromatic heterocycles. The third-order valence-electron chi connectivity index (χ3n) is 3.51. The number of nitrogens with two attached hydrogens (primary N) is 1. The predicted molar refractivity (Wildman–Crippen MR) is 95.0 cm³/mol. The maximum atomic E-state index is 12.4. The monoisotopic (exact) mass is 368 g/mol. The minimum absolute atomic E-state index is 0.0613. The summed E-state index contributed by atoms with van der Waals surface area (Å²) in [6.45, 7) is 4.23. The molecule has 0 aliphatic heterocycles. The molecule has 1 unspecified atom stereocenters. The maximum absolute atomic E-state index is 12.4. The van der Waals surface area contributed by atoms with Crippen molar-refractivity contribution in [1.82, 2.24) is 5.32 Å². The molecule has 0 saturated heterocycles. The molecule has 2 aromatic rings. The Hall–Kier alpha value is -1.07. The Morgan fingerprint density at radius 3 is 2.90 bits per heavy atom. The Morgan fingerprint density at radius 2 is 2.19 bits per heavy atom. The van der Waals surface area contributed by atoms with E-state index in [0.29, 0.717) is 10.6 Å². The number of rotatable bonds is 6. The van der Waals surface area contributed by atoms with E-state index in [2.05, 4.69) is 28.2 Å². The fraction of sp³-hybridized carbons (Fsp3) is 0.438. The van der Waals surface area contributed by atoms with Gasteiger partial charge in [-0.1, -0.05) is 48.2 Å². The average molecular weight is 369 g/mol. The van der Waals surface area contributed by atoms with Gasteiger partial charge < -0.3 is 11.1 Å². The molecular formula is C16H21BrN2OS. The predicted octanol–water partition coefficient (Wildman–Crippen LogP) is 4.94. The van der Waals surface area contributed by atoms with E-state index in [1.165, 1.54) is 24.2 Å². The first kappa shape index (κ1) is 16.3. The molecule has 1 aromatic carbocycles. The number of hydrogen-bond donors (Lipinski definition) is 2. The molecule has 1 amide bonds. The third kappa shape index (κ3) is 3.98. The van der Waals surface area contributed by atoms with Crippen LogP contribution in [0.3, 0.4) is 0 Å². The number of hydrogen-bond acceptors (Lipinski definition) is 3. The minimum atomic E-state index is -0.0613. The van der Waals surface area contributed by atoms with Crippen LogP contribution < -0.4 is 11.1 Å². The van der Waals surface area contributed by atoms with Gasteiger partial charge in [0.2, 0.25) is 0 Å². The standard InChI is InChI=1S/C16H21BrN2OS/c1-3-4-5-6-10(2)19-16(20)15-14(18)12-8-7-11(17)9-13(12)21-15/h7-10H,3-6,18H2,1-2H3,(H,19,20). The van der Waals surface area contributed by atoms with Crippen molar-refractivity contribution in [2.45, 2.75) is 45.6 Å². The number of carbonyl (C=O) groups is 1. The minimum Gasteiger partial charge on any atom is -0.397 e. The van der Waals surface area contributed by atoms with E-state index in [1.54, 1.807) is 0 Å². The largest absolute Gasteiger partial charge is 0.397 e. The van der Waals surface area contributed by atoms with Gasteiger partial charge in [-0.25, -0.2) is 0 Å². The van der Waals surface area contributed by atoms with Gasteiger partial charge in [-0.2, -0.15) is 0 Å². The molecule has 0 bridgehead atoms. The smallest absolute Gasteiger partial charge is 0.263 e. The summed E-state index contributed by atoms with van der Waals surface area (Å²) in [4.78, 5) is 13.0. The Balaban J connectivity index is 2.10. The lowest BCUT2D eigenvalue weighted by Gasteiger charge is -2.13. The Bertz CT molecular complexity index is 638. The van der Waals surface area contributed by atoms with Gasteiger partial charge in [-0.15, -0.1) is 11.3 Å². The molecule has 5 heteroatoms. The fourth-order valence-corrected chi connectivity index (χ4v) is 3.90. The number of unbranched alkanes of at least 4 members (excludes halogenated alkanes) is 2. The first-order valence-corrected chi connectivity index (χ1v) is 8.92. The van der Waals surface area contributed by atoms with Crippen LogP contribution >= 0.6 is 27.3 Å². The first-order chi connectivity index (χ1) is 10.0. The van der Waals surface area contributed by atoms with Crippen LogP contribution in [0, 0.1) is 0 Å². The highest BCUT2D eigenvalue weighted by Crippen LogP contribution is 2.35. The number of halogens is 1. The third-order valence-corrected chi connectivity index (χ3v) is 5.18. The van der Waals surface area contributed by atoms with Crippen molar-refractivity contribution in [1.29, 1.82) is 0 Å². The van der Waals surface area contributed by atoms with E-state index >= 15 is 0 Å². The highest BCUT2D eigenvalue weighted by Gasteiger charge is 2.17. The van der Waals surface area contributed by atoms with Crippen LogP contribution in [-0.2, 0) is 0 Å². The van der Waals surface area contributed by atoms with E-state index in [4.69, 9.17) is 5.73 Å². The second-order valence-corrected chi connectivity index (χ2v) is 7.32. The van der Waals surface area contributed by atoms with Gasteiger partial charge in [-0.3, -0.25) is 4.79 Å². The molecule has 0 fully saturated rings. The van der Waals surface area contributed by atoms with Gasteiger partial charge in [0, 0.05) is 20.6 Å². The van der Waals surface area contributed by atoms with Crippen molar-refractivity contribution in [2.24, 2.45) is 0 Å². The van der Waals surface area contributed by atoms with Gasteiger partial charge in [0.15, 0.2) is 0 Å². The van der Waals surface area contributed by atoms with Crippen molar-refractivity contribution in [3.63, 3.8) is 0 Å². The first-order valence-electron chi connectivity index (χ1n) is 7.31. The van der Waals surface area contributed by atoms with Crippen molar-refractivity contribution in [3.05, 3.63) is 27.5 Å². The number of carbonyl (C=O) groups excluding carboxylic acids is 1. The molecular weight excluding hydrogens is 348 g/mol. The zero-order valence-electron chi connectivity index (χ0n) is 12.4. The van der Waals surface area contributed by atoms with Crippen LogP contribution in [0.1, 0.15) is 49.2 Å². The molecule has 0 aliphatic rings. The summed E-state index contributed by atoms with van der Waals surface area (Å²) in [7, 11) is 0. The summed E-state index contributed by atoms with van der Waals surface area (Å²) >= 11 is 4.89. The van der Waals surface area contributed by atoms with E-state index in [9.17, 15) is 4.79 Å². The lowest BCUT2D eigenvalue weighted by atomic mass is 10.1. The number of fused-ring (bicyclic) bond motifs is 1. The molecule has 21 heavy (non-hydrogen) atoms. The summed E-state index contributed by atoms with van der Waals surface area (Å²) in [5, 5.41) is 4.00. The van der Waals surface area contributed by atoms with E-state index in [1.807, 2.05) is 25.1 Å². The number of nitrogen functional groups attached to an aromatic ring is 1. The average Bonchev–Trinajstić information content (AvgIpc) is 2.75. The van der Waals surface area contributed by atoms with Gasteiger partial charge >= 0.3 is 0 Å². The molecule has 0 aliphatic carbocycles. The quantitative estimate of drug-likeness (QED) is 0.709. The van der Waals surface area contributed by atoms with Crippen molar-refractivity contribution in [3.8, 4) is 0 Å². The lowest BCUT2D eigenvalue weighted by Crippen LogP contribution is -2.32. The highest BCUT2D eigenvalue weighted by molar-refractivity contribution is 9.10. The van der Waals surface area contributed by atoms with E-state index in [-0.39, 0.29) is 11.9 Å². The molecule has 3 N–H and O–H groups in total. The van der Waals surface area contributed by atoms with Crippen LogP contribution in [-0.4, -0.2) is 11.9 Å². The second kappa shape index (κ2) is 7.27. The molecule has 0 radical (unpaired) electrons. The highest BCUT2D eigenvalue weighted by atomic mass is 79.9. The molecule has 1 heterocycles. The Kier molecular flexibility index (Phi) is 5.65. The van der Waals surface area contributed by atoms with Gasteiger partial charge in [0.25, 0.3) is 5.91 Å². The van der Waals surface area contributed by atoms with Gasteiger partial charge in [0.05, 0.1) is 5.69 Å². The van der Waals surface area contributed by atoms with Crippen LogP contribution in [0.2, 0.25) is 0 Å². The van der Waals surface area contributed by atoms with Crippen molar-refractivity contribution < 1.29 is 4.79 Å². The molecule has 2 rings (SSSR count). The summed E-state index contributed by atoms with van der Waals surface area (Å²) in [5.74, 6) is -0.0613. The van der Waals surface area contributed by atoms with Crippen LogP contribution in [0.4, 0.5) is 5.69 Å². The van der Waals surface area contributed by atoms with E-state index < -0.39 is 0 Å². The molecule has 0 spiro atoms. The summed E-state index contributed by atoms with van der Waals surface area (Å²) in [6.07, 6.45) is 4.56. The van der Waals surface area contributed by atoms with E-state index in [0.717, 1.165) is 27.4 Å². The summed E-state index contributed by atoms with van der Waals surface area (Å²) < 4.78 is 2.03. The van der Waals surface area contributed by atoms with Crippen molar-refractivity contribution >= 4 is 48.9 Å². The number of thiophene rings is 1. The zero-order valence-corrected chi connectivity index (χ0v) is 14.8. The molecule has 3 nitrogen and oxygen atoms in total. The lowest BCUT2D eigenvalue weighted by molar-refractivity contribution is 0.0943. The topological polar surface area (TPSA) is 55.1 Å². The summed E-state index contributed by atoms with van der Waals surface area (Å²) in [6, 6.07) is 6.07. The summed E-state index contributed by atoms with van der Waals surface area (Å²) in [5.41, 5.74) is 6.71. The maximum Gasteiger partial charge on any atom is 0.263 e. The SMILES string of the molecule is CCCCCC(C)NC(=O)c1sc2cc(Br)ccc2c1N. The van der Waals surface area contributed by atoms with Crippen LogP contribution in [0.15, 0.2) is 22.7 Å². The number of anilines is 1. The second-order valence-electron chi connectivity index (χ2n) is 5.36. The van der Waals surface area contributed by atoms with Crippen LogP contribution in [0.5, 0.6) is 0 Å². The zero-order chi connectivity index (χ0) is 15.4. The number of nitrogens with one attached hydrogen (secondary N) is 1. The fourth-order valence-electron chi connectivity index (χ4n) is 2.32. The normalized spacial score (nSPS) is 12.5. The molecule has 1 atom stereocenters. The van der Waals surface area contributed by atoms with Crippen LogP contribution in [0.25, 0.3) is 10.1 Å². The molecule has 114 valence electrons. The van der Waals surface area contributed by atoms with Gasteiger partial charge in [-0.05, 0) is 25.5 Å². The molecule has 0 saturated carbocycles. The van der Waals surface area contributed by atoms with Crippen molar-refractivity contribution in [2.75, 3.05) is 5.73 Å².